The van der Waals surface area contributed by atoms with Crippen LogP contribution in [0.1, 0.15) is 24.0 Å². The molecule has 6 nitrogen and oxygen atoms in total. The summed E-state index contributed by atoms with van der Waals surface area (Å²) in [6.07, 6.45) is -2.79. The fraction of sp³-hybridized carbons (Fsp3) is 0.407. The zero-order valence-electron chi connectivity index (χ0n) is 20.3. The van der Waals surface area contributed by atoms with E-state index < -0.39 is 34.7 Å². The Morgan fingerprint density at radius 3 is 2.43 bits per heavy atom. The van der Waals surface area contributed by atoms with E-state index in [-0.39, 0.29) is 32.7 Å². The van der Waals surface area contributed by atoms with Crippen LogP contribution in [0.2, 0.25) is 5.02 Å². The van der Waals surface area contributed by atoms with Gasteiger partial charge in [0.2, 0.25) is 11.5 Å². The van der Waals surface area contributed by atoms with Crippen molar-refractivity contribution in [3.63, 3.8) is 0 Å². The number of hydrogen-bond donors (Lipinski definition) is 1. The molecular formula is C27H27ClF3N3O3. The highest BCUT2D eigenvalue weighted by Gasteiger charge is 2.70. The van der Waals surface area contributed by atoms with Gasteiger partial charge < -0.3 is 15.0 Å². The molecule has 3 atom stereocenters. The van der Waals surface area contributed by atoms with Crippen molar-refractivity contribution in [3.05, 3.63) is 76.3 Å². The molecular weight excluding hydrogens is 507 g/mol. The molecule has 2 aromatic rings. The number of amides is 2. The van der Waals surface area contributed by atoms with Crippen LogP contribution < -0.4 is 10.1 Å². The molecule has 1 N–H and O–H groups in total. The maximum absolute atomic E-state index is 13.7. The predicted octanol–water partition coefficient (Wildman–Crippen LogP) is 4.26. The maximum Gasteiger partial charge on any atom is 0.414 e. The van der Waals surface area contributed by atoms with Gasteiger partial charge in [-0.15, -0.1) is 0 Å². The largest absolute Gasteiger partial charge is 0.476 e. The lowest BCUT2D eigenvalue weighted by molar-refractivity contribution is -0.151. The number of nitrogens with zero attached hydrogens (tertiary/aromatic N) is 2. The highest BCUT2D eigenvalue weighted by Crippen LogP contribution is 2.51. The van der Waals surface area contributed by atoms with Gasteiger partial charge in [-0.2, -0.15) is 13.2 Å². The Labute approximate surface area is 218 Å². The van der Waals surface area contributed by atoms with Gasteiger partial charge in [0.1, 0.15) is 11.3 Å². The van der Waals surface area contributed by atoms with Crippen molar-refractivity contribution < 1.29 is 27.5 Å². The molecule has 0 spiro atoms. The number of likely N-dealkylation sites (tertiary alicyclic amines) is 1. The van der Waals surface area contributed by atoms with Crippen molar-refractivity contribution in [1.82, 2.24) is 15.1 Å². The lowest BCUT2D eigenvalue weighted by Crippen LogP contribution is -2.63. The molecule has 196 valence electrons. The number of halogens is 4. The summed E-state index contributed by atoms with van der Waals surface area (Å²) in [5.41, 5.74) is -2.12. The number of aryl methyl sites for hydroxylation is 1. The molecule has 0 radical (unpaired) electrons. The second kappa shape index (κ2) is 9.36. The monoisotopic (exact) mass is 533 g/mol. The summed E-state index contributed by atoms with van der Waals surface area (Å²) in [5.74, 6) is -0.608. The third-order valence-electron chi connectivity index (χ3n) is 7.33. The number of ether oxygens (including phenoxy) is 1. The van der Waals surface area contributed by atoms with E-state index in [0.717, 1.165) is 17.2 Å². The van der Waals surface area contributed by atoms with Crippen molar-refractivity contribution in [2.75, 3.05) is 26.2 Å². The summed E-state index contributed by atoms with van der Waals surface area (Å²) in [7, 11) is 0. The second-order valence-corrected chi connectivity index (χ2v) is 10.3. The molecule has 0 aromatic heterocycles. The fourth-order valence-electron chi connectivity index (χ4n) is 5.30. The predicted molar refractivity (Wildman–Crippen MR) is 132 cm³/mol. The minimum atomic E-state index is -4.60. The Morgan fingerprint density at radius 2 is 1.78 bits per heavy atom. The highest BCUT2D eigenvalue weighted by molar-refractivity contribution is 6.30. The van der Waals surface area contributed by atoms with Gasteiger partial charge in [0.05, 0.1) is 12.1 Å². The Bertz CT molecular complexity index is 1230. The van der Waals surface area contributed by atoms with Gasteiger partial charge in [0.15, 0.2) is 0 Å². The summed E-state index contributed by atoms with van der Waals surface area (Å²) in [6, 6.07) is 14.2. The van der Waals surface area contributed by atoms with Gasteiger partial charge in [-0.25, -0.2) is 0 Å². The van der Waals surface area contributed by atoms with E-state index in [1.54, 1.807) is 36.4 Å². The number of hydrogen-bond acceptors (Lipinski definition) is 4. The lowest BCUT2D eigenvalue weighted by atomic mass is 9.89. The van der Waals surface area contributed by atoms with Crippen molar-refractivity contribution in [2.24, 2.45) is 0 Å². The lowest BCUT2D eigenvalue weighted by Gasteiger charge is -2.42. The molecule has 3 aliphatic heterocycles. The molecule has 10 heteroatoms. The zero-order valence-corrected chi connectivity index (χ0v) is 21.0. The number of carbonyl (C=O) groups excluding carboxylic acids is 2. The van der Waals surface area contributed by atoms with Crippen LogP contribution in [0.5, 0.6) is 5.75 Å². The third-order valence-corrected chi connectivity index (χ3v) is 7.59. The van der Waals surface area contributed by atoms with Crippen LogP contribution >= 0.6 is 11.6 Å². The SMILES string of the molecule is Cc1ccc(OC2(C(=O)NCc3ccc(Cl)cc3)CCCN(C(=O)C34CN3CC=C4C(F)(F)F)C2)cc1. The molecule has 3 aliphatic rings. The Morgan fingerprint density at radius 1 is 1.08 bits per heavy atom. The summed E-state index contributed by atoms with van der Waals surface area (Å²) in [5, 5.41) is 3.47. The summed E-state index contributed by atoms with van der Waals surface area (Å²) >= 11 is 5.95. The van der Waals surface area contributed by atoms with Gasteiger partial charge >= 0.3 is 6.18 Å². The van der Waals surface area contributed by atoms with Crippen LogP contribution in [-0.4, -0.2) is 65.1 Å². The Hall–Kier alpha value is -3.04. The molecule has 0 saturated carbocycles. The number of benzene rings is 2. The number of fused-ring (bicyclic) bond motifs is 1. The molecule has 37 heavy (non-hydrogen) atoms. The van der Waals surface area contributed by atoms with Crippen LogP contribution in [0, 0.1) is 6.92 Å². The summed E-state index contributed by atoms with van der Waals surface area (Å²) in [4.78, 5) is 30.1. The summed E-state index contributed by atoms with van der Waals surface area (Å²) < 4.78 is 47.5. The van der Waals surface area contributed by atoms with Crippen LogP contribution in [0.15, 0.2) is 60.2 Å². The van der Waals surface area contributed by atoms with E-state index in [2.05, 4.69) is 5.32 Å². The number of rotatable bonds is 6. The smallest absolute Gasteiger partial charge is 0.414 e. The van der Waals surface area contributed by atoms with Crippen molar-refractivity contribution in [2.45, 2.75) is 43.6 Å². The van der Waals surface area contributed by atoms with E-state index in [1.165, 1.54) is 9.80 Å². The van der Waals surface area contributed by atoms with Gasteiger partial charge in [0, 0.05) is 31.2 Å². The molecule has 3 heterocycles. The minimum Gasteiger partial charge on any atom is -0.476 e. The number of carbonyl (C=O) groups is 2. The first-order valence-corrected chi connectivity index (χ1v) is 12.5. The third kappa shape index (κ3) is 4.82. The van der Waals surface area contributed by atoms with Crippen LogP contribution in [-0.2, 0) is 16.1 Å². The molecule has 2 saturated heterocycles. The number of piperidine rings is 1. The first-order valence-electron chi connectivity index (χ1n) is 12.1. The molecule has 2 fully saturated rings. The molecule has 5 rings (SSSR count). The first-order chi connectivity index (χ1) is 17.5. The van der Waals surface area contributed by atoms with E-state index in [4.69, 9.17) is 16.3 Å². The van der Waals surface area contributed by atoms with E-state index >= 15 is 0 Å². The van der Waals surface area contributed by atoms with Crippen LogP contribution in [0.25, 0.3) is 0 Å². The normalized spacial score (nSPS) is 26.8. The molecule has 3 unspecified atom stereocenters. The molecule has 0 bridgehead atoms. The molecule has 0 aliphatic carbocycles. The van der Waals surface area contributed by atoms with Crippen LogP contribution in [0.4, 0.5) is 13.2 Å². The van der Waals surface area contributed by atoms with Gasteiger partial charge in [0.25, 0.3) is 5.91 Å². The summed E-state index contributed by atoms with van der Waals surface area (Å²) in [6.45, 7) is 2.36. The van der Waals surface area contributed by atoms with Crippen molar-refractivity contribution in [3.8, 4) is 5.75 Å². The zero-order chi connectivity index (χ0) is 26.4. The van der Waals surface area contributed by atoms with Crippen molar-refractivity contribution in [1.29, 1.82) is 0 Å². The highest BCUT2D eigenvalue weighted by atomic mass is 35.5. The van der Waals surface area contributed by atoms with E-state index in [1.807, 2.05) is 19.1 Å². The minimum absolute atomic E-state index is 0.0300. The fourth-order valence-corrected chi connectivity index (χ4v) is 5.43. The van der Waals surface area contributed by atoms with E-state index in [9.17, 15) is 22.8 Å². The number of alkyl halides is 3. The molecule has 2 amide bonds. The average molecular weight is 534 g/mol. The topological polar surface area (TPSA) is 61.6 Å². The van der Waals surface area contributed by atoms with Gasteiger partial charge in [-0.1, -0.05) is 47.5 Å². The van der Waals surface area contributed by atoms with Crippen LogP contribution in [0.3, 0.4) is 0 Å². The Kier molecular flexibility index (Phi) is 6.48. The Balaban J connectivity index is 1.40. The van der Waals surface area contributed by atoms with Crippen molar-refractivity contribution >= 4 is 23.4 Å². The quantitative estimate of drug-likeness (QED) is 0.445. The standard InChI is InChI=1S/C27H27ClF3N3O3/c1-18-3-9-21(10-4-18)37-25(23(35)32-15-19-5-7-20(28)8-6-19)12-2-13-33(16-25)24(36)26-17-34(26)14-11-22(26)27(29,30)31/h3-11H,2,12-17H2,1H3,(H,32,35). The first kappa shape index (κ1) is 25.6. The number of nitrogens with one attached hydrogen (secondary N) is 1. The van der Waals surface area contributed by atoms with E-state index in [0.29, 0.717) is 23.6 Å². The van der Waals surface area contributed by atoms with Gasteiger partial charge in [-0.05, 0) is 49.6 Å². The second-order valence-electron chi connectivity index (χ2n) is 9.91. The maximum atomic E-state index is 13.7. The van der Waals surface area contributed by atoms with Gasteiger partial charge in [-0.3, -0.25) is 14.5 Å². The molecule has 2 aromatic carbocycles. The average Bonchev–Trinajstić information content (AvgIpc) is 3.46.